The Balaban J connectivity index is 1.54. The van der Waals surface area contributed by atoms with Crippen LogP contribution < -0.4 is 0 Å². The Bertz CT molecular complexity index is 671. The third kappa shape index (κ3) is 1.62. The molecule has 25 heavy (non-hydrogen) atoms. The van der Waals surface area contributed by atoms with Gasteiger partial charge in [0, 0.05) is 36.4 Å². The third-order valence-corrected chi connectivity index (χ3v) is 9.55. The molecular formula is C22H31NO2. The lowest BCUT2D eigenvalue weighted by atomic mass is 9.52. The van der Waals surface area contributed by atoms with E-state index in [1.165, 1.54) is 45.1 Å². The Morgan fingerprint density at radius 2 is 2.08 bits per heavy atom. The zero-order valence-electron chi connectivity index (χ0n) is 15.7. The molecule has 8 atom stereocenters. The van der Waals surface area contributed by atoms with Gasteiger partial charge in [-0.25, -0.2) is 0 Å². The molecule has 0 bridgehead atoms. The SMILES string of the molecule is CC1CN2C3C4=CCCC4CCC3[C@]3(C)OC(=O)CC[C@]34CCC1C24. The van der Waals surface area contributed by atoms with Gasteiger partial charge in [-0.05, 0) is 69.6 Å². The fourth-order valence-corrected chi connectivity index (χ4v) is 8.62. The van der Waals surface area contributed by atoms with E-state index in [2.05, 4.69) is 24.8 Å². The fourth-order valence-electron chi connectivity index (χ4n) is 8.62. The number of nitrogens with zero attached hydrogens (tertiary/aromatic N) is 1. The predicted molar refractivity (Wildman–Crippen MR) is 95.9 cm³/mol. The van der Waals surface area contributed by atoms with Gasteiger partial charge in [0.2, 0.25) is 0 Å². The van der Waals surface area contributed by atoms with Gasteiger partial charge < -0.3 is 4.74 Å². The zero-order chi connectivity index (χ0) is 17.0. The van der Waals surface area contributed by atoms with E-state index in [1.807, 2.05) is 0 Å². The van der Waals surface area contributed by atoms with Crippen LogP contribution >= 0.6 is 0 Å². The van der Waals surface area contributed by atoms with Crippen molar-refractivity contribution >= 4 is 5.97 Å². The summed E-state index contributed by atoms with van der Waals surface area (Å²) in [6.07, 6.45) is 12.1. The van der Waals surface area contributed by atoms with E-state index in [9.17, 15) is 4.79 Å². The maximum atomic E-state index is 12.4. The summed E-state index contributed by atoms with van der Waals surface area (Å²) in [4.78, 5) is 15.3. The summed E-state index contributed by atoms with van der Waals surface area (Å²) < 4.78 is 6.37. The van der Waals surface area contributed by atoms with Crippen LogP contribution in [0.15, 0.2) is 11.6 Å². The molecule has 3 nitrogen and oxygen atoms in total. The van der Waals surface area contributed by atoms with Crippen LogP contribution in [-0.2, 0) is 9.53 Å². The summed E-state index contributed by atoms with van der Waals surface area (Å²) >= 11 is 0. The van der Waals surface area contributed by atoms with Crippen LogP contribution in [-0.4, -0.2) is 35.1 Å². The van der Waals surface area contributed by atoms with Crippen molar-refractivity contribution in [1.29, 1.82) is 0 Å². The number of hydrogen-bond donors (Lipinski definition) is 0. The molecule has 6 rings (SSSR count). The van der Waals surface area contributed by atoms with Crippen molar-refractivity contribution in [3.05, 3.63) is 11.6 Å². The van der Waals surface area contributed by atoms with E-state index in [0.717, 1.165) is 24.2 Å². The molecule has 3 aliphatic heterocycles. The Labute approximate surface area is 151 Å². The van der Waals surface area contributed by atoms with Crippen LogP contribution in [0.1, 0.15) is 65.2 Å². The highest BCUT2D eigenvalue weighted by Crippen LogP contribution is 2.69. The predicted octanol–water partition coefficient (Wildman–Crippen LogP) is 3.93. The van der Waals surface area contributed by atoms with Crippen LogP contribution in [0, 0.1) is 29.1 Å². The number of piperidine rings is 1. The lowest BCUT2D eigenvalue weighted by molar-refractivity contribution is -0.242. The van der Waals surface area contributed by atoms with Crippen LogP contribution in [0.4, 0.5) is 0 Å². The van der Waals surface area contributed by atoms with E-state index in [1.54, 1.807) is 5.57 Å². The summed E-state index contributed by atoms with van der Waals surface area (Å²) in [7, 11) is 0. The smallest absolute Gasteiger partial charge is 0.306 e. The van der Waals surface area contributed by atoms with Crippen molar-refractivity contribution in [2.75, 3.05) is 6.54 Å². The molecule has 6 aliphatic rings. The molecule has 6 unspecified atom stereocenters. The molecule has 0 amide bonds. The number of carbonyl (C=O) groups excluding carboxylic acids is 1. The van der Waals surface area contributed by atoms with E-state index in [-0.39, 0.29) is 17.0 Å². The summed E-state index contributed by atoms with van der Waals surface area (Å²) in [6.45, 7) is 6.10. The number of carbonyl (C=O) groups is 1. The van der Waals surface area contributed by atoms with E-state index < -0.39 is 0 Å². The fraction of sp³-hybridized carbons (Fsp3) is 0.864. The third-order valence-electron chi connectivity index (χ3n) is 9.55. The average molecular weight is 341 g/mol. The van der Waals surface area contributed by atoms with Crippen molar-refractivity contribution in [3.8, 4) is 0 Å². The highest BCUT2D eigenvalue weighted by molar-refractivity contribution is 5.71. The number of hydrogen-bond acceptors (Lipinski definition) is 3. The van der Waals surface area contributed by atoms with E-state index >= 15 is 0 Å². The molecular weight excluding hydrogens is 310 g/mol. The van der Waals surface area contributed by atoms with Gasteiger partial charge in [-0.15, -0.1) is 0 Å². The summed E-state index contributed by atoms with van der Waals surface area (Å²) in [5.74, 6) is 3.01. The first kappa shape index (κ1) is 15.2. The molecule has 0 aromatic carbocycles. The van der Waals surface area contributed by atoms with Gasteiger partial charge in [0.1, 0.15) is 5.60 Å². The molecule has 0 aromatic rings. The number of ether oxygens (including phenoxy) is 1. The van der Waals surface area contributed by atoms with Gasteiger partial charge in [0.25, 0.3) is 0 Å². The van der Waals surface area contributed by atoms with Crippen LogP contribution in [0.2, 0.25) is 0 Å². The first-order valence-corrected chi connectivity index (χ1v) is 10.7. The van der Waals surface area contributed by atoms with Gasteiger partial charge >= 0.3 is 5.97 Å². The molecule has 0 aromatic heterocycles. The maximum absolute atomic E-state index is 12.4. The van der Waals surface area contributed by atoms with Crippen molar-refractivity contribution < 1.29 is 9.53 Å². The Morgan fingerprint density at radius 3 is 2.96 bits per heavy atom. The normalized spacial score (nSPS) is 56.6. The number of fused-ring (bicyclic) bond motifs is 5. The van der Waals surface area contributed by atoms with Crippen molar-refractivity contribution in [2.45, 2.75) is 82.9 Å². The Morgan fingerprint density at radius 1 is 1.20 bits per heavy atom. The average Bonchev–Trinajstić information content (AvgIpc) is 3.27. The van der Waals surface area contributed by atoms with Crippen LogP contribution in [0.3, 0.4) is 0 Å². The minimum atomic E-state index is -0.235. The molecule has 1 spiro atoms. The monoisotopic (exact) mass is 341 g/mol. The highest BCUT2D eigenvalue weighted by atomic mass is 16.6. The van der Waals surface area contributed by atoms with Gasteiger partial charge in [0.15, 0.2) is 0 Å². The first-order chi connectivity index (χ1) is 12.1. The maximum Gasteiger partial charge on any atom is 0.306 e. The topological polar surface area (TPSA) is 29.5 Å². The Hall–Kier alpha value is -0.830. The molecule has 2 saturated carbocycles. The molecule has 3 aliphatic carbocycles. The van der Waals surface area contributed by atoms with Crippen LogP contribution in [0.25, 0.3) is 0 Å². The second-order valence-electron chi connectivity index (χ2n) is 10.2. The van der Waals surface area contributed by atoms with Crippen molar-refractivity contribution in [3.63, 3.8) is 0 Å². The molecule has 0 N–H and O–H groups in total. The minimum Gasteiger partial charge on any atom is -0.458 e. The molecule has 0 radical (unpaired) electrons. The second kappa shape index (κ2) is 4.71. The molecule has 3 saturated heterocycles. The summed E-state index contributed by atoms with van der Waals surface area (Å²) in [5.41, 5.74) is 1.72. The Kier molecular flexibility index (Phi) is 2.87. The highest BCUT2D eigenvalue weighted by Gasteiger charge is 2.73. The lowest BCUT2D eigenvalue weighted by Gasteiger charge is -2.65. The molecule has 136 valence electrons. The molecule has 5 fully saturated rings. The zero-order valence-corrected chi connectivity index (χ0v) is 15.7. The number of rotatable bonds is 0. The quantitative estimate of drug-likeness (QED) is 0.494. The number of esters is 1. The van der Waals surface area contributed by atoms with Gasteiger partial charge in [-0.1, -0.05) is 18.6 Å². The van der Waals surface area contributed by atoms with Gasteiger partial charge in [-0.3, -0.25) is 9.69 Å². The van der Waals surface area contributed by atoms with Crippen LogP contribution in [0.5, 0.6) is 0 Å². The second-order valence-corrected chi connectivity index (χ2v) is 10.2. The number of allylic oxidation sites excluding steroid dienone is 1. The van der Waals surface area contributed by atoms with E-state index in [0.29, 0.717) is 24.4 Å². The van der Waals surface area contributed by atoms with E-state index in [4.69, 9.17) is 4.74 Å². The van der Waals surface area contributed by atoms with Crippen molar-refractivity contribution in [1.82, 2.24) is 4.90 Å². The minimum absolute atomic E-state index is 0.0670. The summed E-state index contributed by atoms with van der Waals surface area (Å²) in [6, 6.07) is 1.21. The van der Waals surface area contributed by atoms with Gasteiger partial charge in [0.05, 0.1) is 0 Å². The standard InChI is InChI=1S/C22H31NO2/c1-13-12-23-19-16-5-3-4-14(16)6-7-17(19)21(2)22(11-9-18(24)25-21)10-8-15(13)20(22)23/h5,13-15,17,19-20H,3-4,6-12H2,1-2H3/t13?,14?,15?,17?,19?,20?,21-,22-/m0/s1. The largest absolute Gasteiger partial charge is 0.458 e. The summed E-state index contributed by atoms with van der Waals surface area (Å²) in [5, 5.41) is 0. The van der Waals surface area contributed by atoms with Gasteiger partial charge in [-0.2, -0.15) is 0 Å². The van der Waals surface area contributed by atoms with Crippen molar-refractivity contribution in [2.24, 2.45) is 29.1 Å². The lowest BCUT2D eigenvalue weighted by Crippen LogP contribution is -2.73. The molecule has 3 heteroatoms. The first-order valence-electron chi connectivity index (χ1n) is 10.7. The molecule has 3 heterocycles.